The fraction of sp³-hybridized carbons (Fsp3) is 0.655. The average Bonchev–Trinajstić information content (AvgIpc) is 3.13. The molecule has 3 heterocycles. The molecule has 35 heavy (non-hydrogen) atoms. The molecule has 6 rings (SSSR count). The average molecular weight is 478 g/mol. The van der Waals surface area contributed by atoms with E-state index in [4.69, 9.17) is 4.74 Å². The summed E-state index contributed by atoms with van der Waals surface area (Å²) in [6.07, 6.45) is 12.6. The Kier molecular flexibility index (Phi) is 6.57. The predicted molar refractivity (Wildman–Crippen MR) is 136 cm³/mol. The second kappa shape index (κ2) is 9.96. The Labute approximate surface area is 209 Å². The highest BCUT2D eigenvalue weighted by Gasteiger charge is 2.48. The van der Waals surface area contributed by atoms with Crippen molar-refractivity contribution in [2.24, 2.45) is 17.8 Å². The summed E-state index contributed by atoms with van der Waals surface area (Å²) in [6.45, 7) is 5.17. The van der Waals surface area contributed by atoms with Gasteiger partial charge in [0.25, 0.3) is 0 Å². The first-order valence-electron chi connectivity index (χ1n) is 13.9. The smallest absolute Gasteiger partial charge is 0.233 e. The molecule has 5 aliphatic rings. The molecule has 1 aromatic rings. The first-order valence-corrected chi connectivity index (χ1v) is 13.9. The standard InChI is InChI=1S/C29H39N3O3/c33-28-24-12-11-22(17-21-7-2-1-3-8-21)18-25(24)29(34)32(28)14-6-13-30-15-16-31-23(19-30)20-35-27-10-5-4-9-26(27)31/h4-5,9-11,21,23-25H,1-3,6-8,12-20H2. The minimum atomic E-state index is -0.111. The van der Waals surface area contributed by atoms with Crippen LogP contribution in [0.3, 0.4) is 0 Å². The minimum absolute atomic E-state index is 0.0788. The lowest BCUT2D eigenvalue weighted by Crippen LogP contribution is -2.57. The summed E-state index contributed by atoms with van der Waals surface area (Å²) in [5.74, 6) is 1.74. The number of nitrogens with zero attached hydrogens (tertiary/aromatic N) is 3. The summed E-state index contributed by atoms with van der Waals surface area (Å²) in [5.41, 5.74) is 2.64. The minimum Gasteiger partial charge on any atom is -0.489 e. The molecule has 0 spiro atoms. The molecule has 2 aliphatic carbocycles. The number of carbonyl (C=O) groups is 2. The van der Waals surface area contributed by atoms with Crippen LogP contribution in [0.5, 0.6) is 5.75 Å². The van der Waals surface area contributed by atoms with Gasteiger partial charge in [-0.15, -0.1) is 0 Å². The molecule has 0 aromatic heterocycles. The van der Waals surface area contributed by atoms with E-state index in [2.05, 4.69) is 28.0 Å². The van der Waals surface area contributed by atoms with Gasteiger partial charge in [-0.25, -0.2) is 0 Å². The number of ether oxygens (including phenoxy) is 1. The molecular formula is C29H39N3O3. The summed E-state index contributed by atoms with van der Waals surface area (Å²) in [7, 11) is 0. The van der Waals surface area contributed by atoms with Crippen molar-refractivity contribution < 1.29 is 14.3 Å². The molecule has 6 heteroatoms. The maximum atomic E-state index is 13.2. The largest absolute Gasteiger partial charge is 0.489 e. The number of allylic oxidation sites excluding steroid dienone is 2. The zero-order chi connectivity index (χ0) is 23.8. The maximum absolute atomic E-state index is 13.2. The number of benzene rings is 1. The molecule has 1 saturated carbocycles. The summed E-state index contributed by atoms with van der Waals surface area (Å²) in [5, 5.41) is 0. The van der Waals surface area contributed by atoms with Crippen LogP contribution >= 0.6 is 0 Å². The van der Waals surface area contributed by atoms with Crippen LogP contribution < -0.4 is 9.64 Å². The summed E-state index contributed by atoms with van der Waals surface area (Å²) in [4.78, 5) is 32.8. The number of hydrogen-bond acceptors (Lipinski definition) is 5. The van der Waals surface area contributed by atoms with E-state index in [0.29, 0.717) is 12.6 Å². The van der Waals surface area contributed by atoms with E-state index in [1.165, 1.54) is 43.4 Å². The van der Waals surface area contributed by atoms with Gasteiger partial charge in [0.1, 0.15) is 12.4 Å². The van der Waals surface area contributed by atoms with E-state index in [1.54, 1.807) is 4.90 Å². The van der Waals surface area contributed by atoms with Gasteiger partial charge in [-0.3, -0.25) is 19.4 Å². The van der Waals surface area contributed by atoms with Gasteiger partial charge >= 0.3 is 0 Å². The van der Waals surface area contributed by atoms with E-state index < -0.39 is 0 Å². The third kappa shape index (κ3) is 4.62. The van der Waals surface area contributed by atoms with Crippen molar-refractivity contribution in [1.29, 1.82) is 0 Å². The van der Waals surface area contributed by atoms with Crippen LogP contribution in [0.4, 0.5) is 5.69 Å². The third-order valence-corrected chi connectivity index (χ3v) is 9.10. The first-order chi connectivity index (χ1) is 17.2. The Morgan fingerprint density at radius 1 is 0.943 bits per heavy atom. The number of imide groups is 1. The molecule has 0 N–H and O–H groups in total. The Bertz CT molecular complexity index is 985. The number of amides is 2. The third-order valence-electron chi connectivity index (χ3n) is 9.10. The van der Waals surface area contributed by atoms with Gasteiger partial charge in [0.05, 0.1) is 23.6 Å². The van der Waals surface area contributed by atoms with Crippen molar-refractivity contribution in [2.45, 2.75) is 63.8 Å². The number of carbonyl (C=O) groups excluding carboxylic acids is 2. The molecule has 6 nitrogen and oxygen atoms in total. The Morgan fingerprint density at radius 2 is 1.77 bits per heavy atom. The number of rotatable bonds is 6. The van der Waals surface area contributed by atoms with Gasteiger partial charge in [0, 0.05) is 26.2 Å². The molecule has 1 aromatic carbocycles. The predicted octanol–water partition coefficient (Wildman–Crippen LogP) is 4.25. The van der Waals surface area contributed by atoms with Crippen molar-refractivity contribution in [2.75, 3.05) is 44.2 Å². The Morgan fingerprint density at radius 3 is 2.66 bits per heavy atom. The number of para-hydroxylation sites is 2. The highest BCUT2D eigenvalue weighted by atomic mass is 16.5. The van der Waals surface area contributed by atoms with Crippen LogP contribution in [0.2, 0.25) is 0 Å². The second-order valence-electron chi connectivity index (χ2n) is 11.3. The zero-order valence-corrected chi connectivity index (χ0v) is 20.9. The van der Waals surface area contributed by atoms with Gasteiger partial charge < -0.3 is 9.64 Å². The second-order valence-corrected chi connectivity index (χ2v) is 11.3. The Hall–Kier alpha value is -2.34. The monoisotopic (exact) mass is 477 g/mol. The van der Waals surface area contributed by atoms with Gasteiger partial charge in [-0.2, -0.15) is 0 Å². The van der Waals surface area contributed by atoms with E-state index in [0.717, 1.165) is 70.1 Å². The molecule has 2 saturated heterocycles. The molecule has 3 atom stereocenters. The highest BCUT2D eigenvalue weighted by Crippen LogP contribution is 2.41. The Balaban J connectivity index is 0.989. The molecule has 2 amide bonds. The molecular weight excluding hydrogens is 438 g/mol. The van der Waals surface area contributed by atoms with E-state index >= 15 is 0 Å². The number of fused-ring (bicyclic) bond motifs is 4. The van der Waals surface area contributed by atoms with Crippen LogP contribution in [0.25, 0.3) is 0 Å². The fourth-order valence-electron chi connectivity index (χ4n) is 7.19. The molecule has 3 aliphatic heterocycles. The lowest BCUT2D eigenvalue weighted by atomic mass is 9.76. The number of hydrogen-bond donors (Lipinski definition) is 0. The van der Waals surface area contributed by atoms with Crippen molar-refractivity contribution in [3.05, 3.63) is 35.9 Å². The summed E-state index contributed by atoms with van der Waals surface area (Å²) < 4.78 is 5.99. The summed E-state index contributed by atoms with van der Waals surface area (Å²) in [6, 6.07) is 8.67. The van der Waals surface area contributed by atoms with Crippen molar-refractivity contribution in [3.8, 4) is 5.75 Å². The van der Waals surface area contributed by atoms with Crippen LogP contribution in [-0.4, -0.2) is 67.0 Å². The molecule has 188 valence electrons. The van der Waals surface area contributed by atoms with E-state index in [9.17, 15) is 9.59 Å². The zero-order valence-electron chi connectivity index (χ0n) is 20.9. The summed E-state index contributed by atoms with van der Waals surface area (Å²) >= 11 is 0. The van der Waals surface area contributed by atoms with Crippen molar-refractivity contribution >= 4 is 17.5 Å². The van der Waals surface area contributed by atoms with Crippen molar-refractivity contribution in [1.82, 2.24) is 9.80 Å². The maximum Gasteiger partial charge on any atom is 0.233 e. The number of likely N-dealkylation sites (tertiary alicyclic amines) is 1. The van der Waals surface area contributed by atoms with Gasteiger partial charge in [0.2, 0.25) is 11.8 Å². The van der Waals surface area contributed by atoms with E-state index in [1.807, 2.05) is 12.1 Å². The normalized spacial score (nSPS) is 29.4. The topological polar surface area (TPSA) is 53.1 Å². The van der Waals surface area contributed by atoms with Crippen LogP contribution in [0.1, 0.15) is 57.8 Å². The van der Waals surface area contributed by atoms with Crippen LogP contribution in [0, 0.1) is 17.8 Å². The van der Waals surface area contributed by atoms with Crippen molar-refractivity contribution in [3.63, 3.8) is 0 Å². The lowest BCUT2D eigenvalue weighted by molar-refractivity contribution is -0.140. The lowest BCUT2D eigenvalue weighted by Gasteiger charge is -2.45. The van der Waals surface area contributed by atoms with Gasteiger partial charge in [-0.1, -0.05) is 55.9 Å². The number of anilines is 1. The molecule has 3 fully saturated rings. The van der Waals surface area contributed by atoms with Gasteiger partial charge in [0.15, 0.2) is 0 Å². The van der Waals surface area contributed by atoms with E-state index in [-0.39, 0.29) is 23.7 Å². The fourth-order valence-corrected chi connectivity index (χ4v) is 7.19. The highest BCUT2D eigenvalue weighted by molar-refractivity contribution is 6.05. The number of piperazine rings is 1. The SMILES string of the molecule is O=C1C2CC=C(CC3CCCCC3)CC2C(=O)N1CCCN1CCN2c3ccccc3OCC2C1. The molecule has 3 unspecified atom stereocenters. The first kappa shape index (κ1) is 23.1. The van der Waals surface area contributed by atoms with Crippen LogP contribution in [-0.2, 0) is 9.59 Å². The van der Waals surface area contributed by atoms with Crippen LogP contribution in [0.15, 0.2) is 35.9 Å². The molecule has 0 radical (unpaired) electrons. The quantitative estimate of drug-likeness (QED) is 0.453. The van der Waals surface area contributed by atoms with Gasteiger partial charge in [-0.05, 0) is 50.3 Å². The molecule has 0 bridgehead atoms.